The van der Waals surface area contributed by atoms with Crippen LogP contribution < -0.4 is 5.32 Å². The van der Waals surface area contributed by atoms with Gasteiger partial charge in [0.15, 0.2) is 0 Å². The predicted octanol–water partition coefficient (Wildman–Crippen LogP) is 2.78. The van der Waals surface area contributed by atoms with Crippen LogP contribution in [-0.2, 0) is 9.53 Å². The Labute approximate surface area is 156 Å². The van der Waals surface area contributed by atoms with Crippen molar-refractivity contribution in [3.63, 3.8) is 0 Å². The fourth-order valence-corrected chi connectivity index (χ4v) is 2.23. The van der Waals surface area contributed by atoms with Crippen molar-refractivity contribution in [3.8, 4) is 0 Å². The first-order valence-corrected chi connectivity index (χ1v) is 8.42. The summed E-state index contributed by atoms with van der Waals surface area (Å²) in [5.41, 5.74) is -1.90. The molecule has 27 heavy (non-hydrogen) atoms. The van der Waals surface area contributed by atoms with Crippen LogP contribution in [0.1, 0.15) is 61.8 Å². The van der Waals surface area contributed by atoms with Gasteiger partial charge in [0.05, 0.1) is 10.5 Å². The summed E-state index contributed by atoms with van der Waals surface area (Å²) in [4.78, 5) is 46.4. The average Bonchev–Trinajstić information content (AvgIpc) is 2.56. The first-order chi connectivity index (χ1) is 12.4. The monoisotopic (exact) mass is 380 g/mol. The van der Waals surface area contributed by atoms with Crippen LogP contribution in [0.15, 0.2) is 18.2 Å². The number of carbonyl (C=O) groups is 3. The fraction of sp³-hybridized carbons (Fsp3) is 0.500. The molecule has 1 aromatic rings. The van der Waals surface area contributed by atoms with E-state index in [1.807, 2.05) is 6.92 Å². The molecule has 0 spiro atoms. The molecule has 0 unspecified atom stereocenters. The molecule has 1 aromatic carbocycles. The minimum atomic E-state index is -1.40. The first-order valence-electron chi connectivity index (χ1n) is 8.42. The van der Waals surface area contributed by atoms with Crippen LogP contribution in [0.3, 0.4) is 0 Å². The van der Waals surface area contributed by atoms with Gasteiger partial charge in [0.1, 0.15) is 11.6 Å². The molecular formula is C18H24N2O7. The van der Waals surface area contributed by atoms with Crippen LogP contribution in [0.25, 0.3) is 0 Å². The molecule has 0 saturated carbocycles. The van der Waals surface area contributed by atoms with Crippen molar-refractivity contribution in [2.45, 2.75) is 52.7 Å². The zero-order chi connectivity index (χ0) is 20.9. The van der Waals surface area contributed by atoms with Crippen LogP contribution >= 0.6 is 0 Å². The van der Waals surface area contributed by atoms with E-state index in [4.69, 9.17) is 9.84 Å². The van der Waals surface area contributed by atoms with E-state index in [0.717, 1.165) is 18.2 Å². The number of amides is 1. The van der Waals surface area contributed by atoms with Crippen LogP contribution in [0.5, 0.6) is 0 Å². The molecule has 0 bridgehead atoms. The SMILES string of the molecule is CC[C@H](C)[C@H](NC(=O)c1cc(C(=O)O)cc([N+](=O)[O-])c1)C(=O)OC(C)(C)C. The van der Waals surface area contributed by atoms with Crippen LogP contribution in [0.2, 0.25) is 0 Å². The first kappa shape index (κ1) is 22.1. The molecule has 0 aliphatic carbocycles. The molecule has 148 valence electrons. The Bertz CT molecular complexity index is 720. The average molecular weight is 380 g/mol. The number of benzene rings is 1. The molecule has 2 atom stereocenters. The highest BCUT2D eigenvalue weighted by molar-refractivity contribution is 6.00. The zero-order valence-corrected chi connectivity index (χ0v) is 15.9. The summed E-state index contributed by atoms with van der Waals surface area (Å²) in [5, 5.41) is 22.6. The third kappa shape index (κ3) is 6.36. The molecule has 1 amide bonds. The maximum Gasteiger partial charge on any atom is 0.335 e. The standard InChI is InChI=1S/C18H24N2O7/c1-6-10(2)14(17(24)27-18(3,4)5)19-15(21)11-7-12(16(22)23)9-13(8-11)20(25)26/h7-10,14H,6H2,1-5H3,(H,19,21)(H,22,23)/t10-,14-/m0/s1. The third-order valence-electron chi connectivity index (χ3n) is 3.80. The van der Waals surface area contributed by atoms with Crippen molar-refractivity contribution in [1.29, 1.82) is 0 Å². The summed E-state index contributed by atoms with van der Waals surface area (Å²) in [6.45, 7) is 8.68. The second-order valence-electron chi connectivity index (χ2n) is 7.20. The Morgan fingerprint density at radius 1 is 1.22 bits per heavy atom. The van der Waals surface area contributed by atoms with Gasteiger partial charge in [0, 0.05) is 17.7 Å². The summed E-state index contributed by atoms with van der Waals surface area (Å²) < 4.78 is 5.33. The number of nitro benzene ring substituents is 1. The summed E-state index contributed by atoms with van der Waals surface area (Å²) >= 11 is 0. The zero-order valence-electron chi connectivity index (χ0n) is 15.9. The van der Waals surface area contributed by atoms with Crippen LogP contribution in [-0.4, -0.2) is 39.5 Å². The van der Waals surface area contributed by atoms with Crippen molar-refractivity contribution < 1.29 is 29.2 Å². The van der Waals surface area contributed by atoms with Gasteiger partial charge in [-0.25, -0.2) is 9.59 Å². The quantitative estimate of drug-likeness (QED) is 0.421. The Hall–Kier alpha value is -2.97. The lowest BCUT2D eigenvalue weighted by Crippen LogP contribution is -2.47. The number of nitrogens with one attached hydrogen (secondary N) is 1. The fourth-order valence-electron chi connectivity index (χ4n) is 2.23. The normalized spacial score (nSPS) is 13.4. The van der Waals surface area contributed by atoms with Gasteiger partial charge in [-0.05, 0) is 32.8 Å². The Balaban J connectivity index is 3.20. The molecular weight excluding hydrogens is 356 g/mol. The number of nitro groups is 1. The number of nitrogens with zero attached hydrogens (tertiary/aromatic N) is 1. The molecule has 9 heteroatoms. The molecule has 0 fully saturated rings. The van der Waals surface area contributed by atoms with Crippen molar-refractivity contribution in [2.75, 3.05) is 0 Å². The summed E-state index contributed by atoms with van der Waals surface area (Å²) in [7, 11) is 0. The molecule has 0 aliphatic rings. The van der Waals surface area contributed by atoms with E-state index in [1.54, 1.807) is 27.7 Å². The molecule has 0 aliphatic heterocycles. The van der Waals surface area contributed by atoms with Gasteiger partial charge < -0.3 is 15.2 Å². The number of aromatic carboxylic acids is 1. The van der Waals surface area contributed by atoms with Crippen LogP contribution in [0, 0.1) is 16.0 Å². The highest BCUT2D eigenvalue weighted by Crippen LogP contribution is 2.19. The number of ether oxygens (including phenoxy) is 1. The second-order valence-corrected chi connectivity index (χ2v) is 7.20. The van der Waals surface area contributed by atoms with E-state index in [-0.39, 0.29) is 11.5 Å². The number of esters is 1. The summed E-state index contributed by atoms with van der Waals surface area (Å²) in [6, 6.07) is 1.87. The van der Waals surface area contributed by atoms with Gasteiger partial charge in [0.25, 0.3) is 11.6 Å². The molecule has 0 aromatic heterocycles. The number of hydrogen-bond donors (Lipinski definition) is 2. The lowest BCUT2D eigenvalue weighted by molar-refractivity contribution is -0.384. The van der Waals surface area contributed by atoms with Gasteiger partial charge in [-0.15, -0.1) is 0 Å². The number of carboxylic acids is 1. The Morgan fingerprint density at radius 3 is 2.22 bits per heavy atom. The predicted molar refractivity (Wildman–Crippen MR) is 96.6 cm³/mol. The Kier molecular flexibility index (Phi) is 7.04. The number of rotatable bonds is 7. The number of hydrogen-bond acceptors (Lipinski definition) is 6. The van der Waals surface area contributed by atoms with Crippen molar-refractivity contribution in [3.05, 3.63) is 39.4 Å². The van der Waals surface area contributed by atoms with E-state index in [9.17, 15) is 24.5 Å². The van der Waals surface area contributed by atoms with E-state index >= 15 is 0 Å². The second kappa shape index (κ2) is 8.61. The lowest BCUT2D eigenvalue weighted by atomic mass is 9.98. The minimum Gasteiger partial charge on any atom is -0.478 e. The van der Waals surface area contributed by atoms with E-state index < -0.39 is 45.7 Å². The molecule has 0 heterocycles. The van der Waals surface area contributed by atoms with Gasteiger partial charge in [-0.1, -0.05) is 20.3 Å². The third-order valence-corrected chi connectivity index (χ3v) is 3.80. The summed E-state index contributed by atoms with van der Waals surface area (Å²) in [5.74, 6) is -3.09. The smallest absolute Gasteiger partial charge is 0.335 e. The van der Waals surface area contributed by atoms with Crippen molar-refractivity contribution >= 4 is 23.5 Å². The van der Waals surface area contributed by atoms with E-state index in [0.29, 0.717) is 6.42 Å². The van der Waals surface area contributed by atoms with Gasteiger partial charge >= 0.3 is 11.9 Å². The van der Waals surface area contributed by atoms with Crippen molar-refractivity contribution in [2.24, 2.45) is 5.92 Å². The van der Waals surface area contributed by atoms with Gasteiger partial charge in [-0.3, -0.25) is 14.9 Å². The number of carboxylic acid groups (broad SMARTS) is 1. The van der Waals surface area contributed by atoms with Gasteiger partial charge in [-0.2, -0.15) is 0 Å². The van der Waals surface area contributed by atoms with E-state index in [2.05, 4.69) is 5.32 Å². The molecule has 2 N–H and O–H groups in total. The minimum absolute atomic E-state index is 0.224. The lowest BCUT2D eigenvalue weighted by Gasteiger charge is -2.27. The molecule has 0 saturated heterocycles. The van der Waals surface area contributed by atoms with Gasteiger partial charge in [0.2, 0.25) is 0 Å². The molecule has 1 rings (SSSR count). The maximum absolute atomic E-state index is 12.6. The largest absolute Gasteiger partial charge is 0.478 e. The molecule has 9 nitrogen and oxygen atoms in total. The maximum atomic E-state index is 12.6. The summed E-state index contributed by atoms with van der Waals surface area (Å²) in [6.07, 6.45) is 0.569. The highest BCUT2D eigenvalue weighted by Gasteiger charge is 2.31. The number of non-ortho nitro benzene ring substituents is 1. The highest BCUT2D eigenvalue weighted by atomic mass is 16.6. The van der Waals surface area contributed by atoms with Crippen LogP contribution in [0.4, 0.5) is 5.69 Å². The van der Waals surface area contributed by atoms with Crippen molar-refractivity contribution in [1.82, 2.24) is 5.32 Å². The van der Waals surface area contributed by atoms with E-state index in [1.165, 1.54) is 0 Å². The topological polar surface area (TPSA) is 136 Å². The molecule has 0 radical (unpaired) electrons. The number of carbonyl (C=O) groups excluding carboxylic acids is 2. The Morgan fingerprint density at radius 2 is 1.78 bits per heavy atom.